The predicted molar refractivity (Wildman–Crippen MR) is 74.8 cm³/mol. The van der Waals surface area contributed by atoms with Crippen LogP contribution in [0.4, 0.5) is 9.18 Å². The van der Waals surface area contributed by atoms with Gasteiger partial charge in [0.15, 0.2) is 0 Å². The van der Waals surface area contributed by atoms with Crippen molar-refractivity contribution in [2.45, 2.75) is 18.9 Å². The quantitative estimate of drug-likeness (QED) is 0.809. The summed E-state index contributed by atoms with van der Waals surface area (Å²) in [6.45, 7) is 4.11. The topological polar surface area (TPSA) is 52.6 Å². The van der Waals surface area contributed by atoms with Gasteiger partial charge in [-0.05, 0) is 36.1 Å². The van der Waals surface area contributed by atoms with Gasteiger partial charge in [-0.2, -0.15) is 0 Å². The lowest BCUT2D eigenvalue weighted by Gasteiger charge is -2.23. The van der Waals surface area contributed by atoms with E-state index in [1.165, 1.54) is 17.0 Å². The van der Waals surface area contributed by atoms with E-state index >= 15 is 0 Å². The van der Waals surface area contributed by atoms with E-state index in [1.54, 1.807) is 12.1 Å². The molecule has 108 valence electrons. The number of halogens is 1. The number of aliphatic hydroxyl groups excluding tert-OH is 1. The van der Waals surface area contributed by atoms with E-state index in [0.717, 1.165) is 24.0 Å². The fraction of sp³-hybridized carbons (Fsp3) is 0.400. The van der Waals surface area contributed by atoms with E-state index in [0.29, 0.717) is 6.54 Å². The first-order chi connectivity index (χ1) is 9.65. The molecule has 1 aromatic carbocycles. The highest BCUT2D eigenvalue weighted by Gasteiger charge is 2.25. The summed E-state index contributed by atoms with van der Waals surface area (Å²) in [5.74, 6) is -0.289. The number of carbonyl (C=O) groups excluding carboxylic acids is 1. The van der Waals surface area contributed by atoms with Crippen molar-refractivity contribution < 1.29 is 14.3 Å². The first-order valence-electron chi connectivity index (χ1n) is 6.71. The second-order valence-corrected chi connectivity index (χ2v) is 4.84. The SMILES string of the molecule is C=CCN(CCO)C(=O)NC1CCc2ccc(F)cc21. The Labute approximate surface area is 117 Å². The number of nitrogens with zero attached hydrogens (tertiary/aromatic N) is 1. The van der Waals surface area contributed by atoms with E-state index in [9.17, 15) is 9.18 Å². The van der Waals surface area contributed by atoms with Crippen LogP contribution in [-0.4, -0.2) is 35.7 Å². The molecule has 2 amide bonds. The molecule has 0 bridgehead atoms. The standard InChI is InChI=1S/C15H19FN2O2/c1-2-7-18(8-9-19)15(20)17-14-6-4-11-3-5-12(16)10-13(11)14/h2-3,5,10,14,19H,1,4,6-9H2,(H,17,20). The maximum Gasteiger partial charge on any atom is 0.318 e. The largest absolute Gasteiger partial charge is 0.395 e. The molecule has 0 heterocycles. The molecule has 0 aliphatic heterocycles. The summed E-state index contributed by atoms with van der Waals surface area (Å²) in [6.07, 6.45) is 3.21. The Morgan fingerprint density at radius 3 is 3.10 bits per heavy atom. The molecule has 0 fully saturated rings. The van der Waals surface area contributed by atoms with Crippen molar-refractivity contribution in [2.75, 3.05) is 19.7 Å². The summed E-state index contributed by atoms with van der Waals surface area (Å²) < 4.78 is 13.3. The molecule has 5 heteroatoms. The summed E-state index contributed by atoms with van der Waals surface area (Å²) in [4.78, 5) is 13.6. The van der Waals surface area contributed by atoms with Crippen LogP contribution in [-0.2, 0) is 6.42 Å². The van der Waals surface area contributed by atoms with Gasteiger partial charge in [-0.15, -0.1) is 6.58 Å². The molecule has 0 spiro atoms. The number of benzene rings is 1. The van der Waals surface area contributed by atoms with Crippen LogP contribution in [0.5, 0.6) is 0 Å². The molecule has 1 unspecified atom stereocenters. The van der Waals surface area contributed by atoms with E-state index < -0.39 is 0 Å². The Balaban J connectivity index is 2.06. The van der Waals surface area contributed by atoms with Gasteiger partial charge in [-0.3, -0.25) is 0 Å². The van der Waals surface area contributed by atoms with E-state index in [4.69, 9.17) is 5.11 Å². The third-order valence-electron chi connectivity index (χ3n) is 3.49. The molecular formula is C15H19FN2O2. The number of hydrogen-bond donors (Lipinski definition) is 2. The highest BCUT2D eigenvalue weighted by molar-refractivity contribution is 5.75. The number of aliphatic hydroxyl groups is 1. The number of fused-ring (bicyclic) bond motifs is 1. The Morgan fingerprint density at radius 2 is 2.40 bits per heavy atom. The molecule has 20 heavy (non-hydrogen) atoms. The summed E-state index contributed by atoms with van der Waals surface area (Å²) in [6, 6.07) is 4.27. The molecule has 0 aromatic heterocycles. The number of urea groups is 1. The van der Waals surface area contributed by atoms with Crippen molar-refractivity contribution >= 4 is 6.03 Å². The Morgan fingerprint density at radius 1 is 1.60 bits per heavy atom. The van der Waals surface area contributed by atoms with Crippen LogP contribution in [0, 0.1) is 5.82 Å². The van der Waals surface area contributed by atoms with Crippen molar-refractivity contribution in [1.82, 2.24) is 10.2 Å². The number of nitrogens with one attached hydrogen (secondary N) is 1. The fourth-order valence-electron chi connectivity index (χ4n) is 2.52. The smallest absolute Gasteiger partial charge is 0.318 e. The molecule has 4 nitrogen and oxygen atoms in total. The summed E-state index contributed by atoms with van der Waals surface area (Å²) in [7, 11) is 0. The third-order valence-corrected chi connectivity index (χ3v) is 3.49. The zero-order valence-electron chi connectivity index (χ0n) is 11.3. The molecule has 0 saturated carbocycles. The lowest BCUT2D eigenvalue weighted by Crippen LogP contribution is -2.42. The zero-order chi connectivity index (χ0) is 14.5. The minimum absolute atomic E-state index is 0.100. The van der Waals surface area contributed by atoms with Crippen molar-refractivity contribution in [2.24, 2.45) is 0 Å². The van der Waals surface area contributed by atoms with Crippen LogP contribution in [0.25, 0.3) is 0 Å². The number of hydrogen-bond acceptors (Lipinski definition) is 2. The summed E-state index contributed by atoms with van der Waals surface area (Å²) >= 11 is 0. The van der Waals surface area contributed by atoms with Gasteiger partial charge in [0.05, 0.1) is 12.6 Å². The van der Waals surface area contributed by atoms with Gasteiger partial charge in [0.1, 0.15) is 5.82 Å². The minimum Gasteiger partial charge on any atom is -0.395 e. The molecular weight excluding hydrogens is 259 g/mol. The first kappa shape index (κ1) is 14.5. The zero-order valence-corrected chi connectivity index (χ0v) is 11.3. The molecule has 1 atom stereocenters. The van der Waals surface area contributed by atoms with E-state index in [2.05, 4.69) is 11.9 Å². The number of amides is 2. The Kier molecular flexibility index (Phi) is 4.74. The van der Waals surface area contributed by atoms with Crippen molar-refractivity contribution in [3.63, 3.8) is 0 Å². The molecule has 1 aliphatic carbocycles. The van der Waals surface area contributed by atoms with Gasteiger partial charge >= 0.3 is 6.03 Å². The lowest BCUT2D eigenvalue weighted by atomic mass is 10.1. The maximum atomic E-state index is 13.3. The van der Waals surface area contributed by atoms with Gasteiger partial charge in [-0.25, -0.2) is 9.18 Å². The molecule has 1 aromatic rings. The average Bonchev–Trinajstić information content (AvgIpc) is 2.81. The van der Waals surface area contributed by atoms with E-state index in [1.807, 2.05) is 0 Å². The number of aryl methyl sites for hydroxylation is 1. The monoisotopic (exact) mass is 278 g/mol. The van der Waals surface area contributed by atoms with E-state index in [-0.39, 0.29) is 31.0 Å². The van der Waals surface area contributed by atoms with Crippen molar-refractivity contribution in [3.8, 4) is 0 Å². The van der Waals surface area contributed by atoms with Gasteiger partial charge in [0.25, 0.3) is 0 Å². The van der Waals surface area contributed by atoms with Crippen molar-refractivity contribution in [3.05, 3.63) is 47.8 Å². The van der Waals surface area contributed by atoms with Crippen molar-refractivity contribution in [1.29, 1.82) is 0 Å². The molecule has 1 aliphatic rings. The van der Waals surface area contributed by atoms with Gasteiger partial charge in [-0.1, -0.05) is 12.1 Å². The van der Waals surface area contributed by atoms with Crippen LogP contribution >= 0.6 is 0 Å². The number of rotatable bonds is 5. The third kappa shape index (κ3) is 3.17. The van der Waals surface area contributed by atoms with Crippen LogP contribution in [0.2, 0.25) is 0 Å². The highest BCUT2D eigenvalue weighted by atomic mass is 19.1. The second-order valence-electron chi connectivity index (χ2n) is 4.84. The molecule has 2 N–H and O–H groups in total. The Hall–Kier alpha value is -1.88. The van der Waals surface area contributed by atoms with Gasteiger partial charge in [0.2, 0.25) is 0 Å². The lowest BCUT2D eigenvalue weighted by molar-refractivity contribution is 0.180. The molecule has 0 radical (unpaired) electrons. The van der Waals surface area contributed by atoms with Gasteiger partial charge < -0.3 is 15.3 Å². The summed E-state index contributed by atoms with van der Waals surface area (Å²) in [5.41, 5.74) is 1.93. The van der Waals surface area contributed by atoms with Crippen LogP contribution in [0.15, 0.2) is 30.9 Å². The average molecular weight is 278 g/mol. The minimum atomic E-state index is -0.289. The highest BCUT2D eigenvalue weighted by Crippen LogP contribution is 2.31. The maximum absolute atomic E-state index is 13.3. The number of carbonyl (C=O) groups is 1. The summed E-state index contributed by atoms with van der Waals surface area (Å²) in [5, 5.41) is 11.9. The van der Waals surface area contributed by atoms with Crippen LogP contribution in [0.1, 0.15) is 23.6 Å². The predicted octanol–water partition coefficient (Wildman–Crippen LogP) is 2.00. The second kappa shape index (κ2) is 6.52. The molecule has 2 rings (SSSR count). The first-order valence-corrected chi connectivity index (χ1v) is 6.71. The normalized spacial score (nSPS) is 16.6. The fourth-order valence-corrected chi connectivity index (χ4v) is 2.52. The van der Waals surface area contributed by atoms with Crippen LogP contribution in [0.3, 0.4) is 0 Å². The van der Waals surface area contributed by atoms with Gasteiger partial charge in [0, 0.05) is 13.1 Å². The molecule has 0 saturated heterocycles. The van der Waals surface area contributed by atoms with Crippen LogP contribution < -0.4 is 5.32 Å². The Bertz CT molecular complexity index is 505.